The van der Waals surface area contributed by atoms with Gasteiger partial charge in [0.1, 0.15) is 0 Å². The zero-order chi connectivity index (χ0) is 26.8. The molecule has 0 saturated heterocycles. The zero-order valence-electron chi connectivity index (χ0n) is 20.7. The standard InChI is InChI=1S/C29H21N3O7/c1-2-35-25-14-18(9-11-23(25)39-29(34)19-10-12-22-26(15-19)38-17-37-22)16-30-32-27(24-8-5-13-36-24)31-21-7-4-3-6-20(21)28(32)33/h3-16H,2,17H2,1H3. The number of fused-ring (bicyclic) bond motifs is 2. The maximum absolute atomic E-state index is 13.3. The van der Waals surface area contributed by atoms with Crippen molar-refractivity contribution in [2.24, 2.45) is 5.10 Å². The molecule has 0 spiro atoms. The fraction of sp³-hybridized carbons (Fsp3) is 0.103. The smallest absolute Gasteiger partial charge is 0.343 e. The lowest BCUT2D eigenvalue weighted by atomic mass is 10.2. The van der Waals surface area contributed by atoms with Crippen molar-refractivity contribution < 1.29 is 28.2 Å². The number of carbonyl (C=O) groups is 1. The quantitative estimate of drug-likeness (QED) is 0.168. The SMILES string of the molecule is CCOc1cc(C=Nn2c(-c3ccco3)nc3ccccc3c2=O)ccc1OC(=O)c1ccc2c(c1)OCO2. The van der Waals surface area contributed by atoms with E-state index in [1.54, 1.807) is 66.7 Å². The van der Waals surface area contributed by atoms with Crippen LogP contribution in [0.2, 0.25) is 0 Å². The number of benzene rings is 3. The second kappa shape index (κ2) is 10.2. The van der Waals surface area contributed by atoms with E-state index in [0.29, 0.717) is 51.6 Å². The third kappa shape index (κ3) is 4.71. The fourth-order valence-corrected chi connectivity index (χ4v) is 4.06. The molecule has 0 bridgehead atoms. The van der Waals surface area contributed by atoms with E-state index in [1.165, 1.54) is 17.2 Å². The minimum absolute atomic E-state index is 0.107. The molecular weight excluding hydrogens is 502 g/mol. The van der Waals surface area contributed by atoms with Crippen molar-refractivity contribution in [3.05, 3.63) is 101 Å². The number of carbonyl (C=O) groups excluding carboxylic acids is 1. The summed E-state index contributed by atoms with van der Waals surface area (Å²) >= 11 is 0. The normalized spacial score (nSPS) is 12.2. The van der Waals surface area contributed by atoms with E-state index in [4.69, 9.17) is 23.4 Å². The van der Waals surface area contributed by atoms with Crippen LogP contribution in [0.25, 0.3) is 22.5 Å². The van der Waals surface area contributed by atoms with E-state index < -0.39 is 5.97 Å². The molecule has 0 aliphatic carbocycles. The van der Waals surface area contributed by atoms with Crippen LogP contribution in [0, 0.1) is 0 Å². The summed E-state index contributed by atoms with van der Waals surface area (Å²) in [5, 5.41) is 4.84. The molecule has 0 atom stereocenters. The predicted molar refractivity (Wildman–Crippen MR) is 142 cm³/mol. The molecule has 3 aromatic carbocycles. The van der Waals surface area contributed by atoms with E-state index in [0.717, 1.165) is 0 Å². The van der Waals surface area contributed by atoms with Crippen LogP contribution in [0.5, 0.6) is 23.0 Å². The lowest BCUT2D eigenvalue weighted by Crippen LogP contribution is -2.20. The second-order valence-corrected chi connectivity index (χ2v) is 8.39. The van der Waals surface area contributed by atoms with E-state index in [1.807, 2.05) is 13.0 Å². The number of furan rings is 1. The summed E-state index contributed by atoms with van der Waals surface area (Å²) in [7, 11) is 0. The highest BCUT2D eigenvalue weighted by Gasteiger charge is 2.19. The zero-order valence-corrected chi connectivity index (χ0v) is 20.7. The number of hydrogen-bond donors (Lipinski definition) is 0. The predicted octanol–water partition coefficient (Wildman–Crippen LogP) is 4.89. The Balaban J connectivity index is 1.32. The van der Waals surface area contributed by atoms with Gasteiger partial charge in [0.05, 0.1) is 35.6 Å². The van der Waals surface area contributed by atoms with Gasteiger partial charge < -0.3 is 23.4 Å². The Hall–Kier alpha value is -5.38. The maximum Gasteiger partial charge on any atom is 0.343 e. The molecule has 10 heteroatoms. The summed E-state index contributed by atoms with van der Waals surface area (Å²) < 4.78 is 28.7. The van der Waals surface area contributed by atoms with Gasteiger partial charge in [0.15, 0.2) is 28.8 Å². The van der Waals surface area contributed by atoms with E-state index in [-0.39, 0.29) is 23.9 Å². The first kappa shape index (κ1) is 24.0. The van der Waals surface area contributed by atoms with E-state index >= 15 is 0 Å². The van der Waals surface area contributed by atoms with Gasteiger partial charge in [-0.1, -0.05) is 12.1 Å². The van der Waals surface area contributed by atoms with Gasteiger partial charge in [-0.3, -0.25) is 4.79 Å². The monoisotopic (exact) mass is 523 g/mol. The summed E-state index contributed by atoms with van der Waals surface area (Å²) in [6, 6.07) is 20.2. The van der Waals surface area contributed by atoms with Crippen molar-refractivity contribution in [3.63, 3.8) is 0 Å². The number of para-hydroxylation sites is 1. The lowest BCUT2D eigenvalue weighted by molar-refractivity contribution is 0.0728. The van der Waals surface area contributed by atoms with Crippen molar-refractivity contribution >= 4 is 23.1 Å². The minimum atomic E-state index is -0.576. The Morgan fingerprint density at radius 1 is 1.03 bits per heavy atom. The number of esters is 1. The van der Waals surface area contributed by atoms with Gasteiger partial charge in [-0.15, -0.1) is 0 Å². The lowest BCUT2D eigenvalue weighted by Gasteiger charge is -2.12. The molecule has 3 heterocycles. The fourth-order valence-electron chi connectivity index (χ4n) is 4.06. The van der Waals surface area contributed by atoms with E-state index in [2.05, 4.69) is 10.1 Å². The van der Waals surface area contributed by atoms with Gasteiger partial charge >= 0.3 is 5.97 Å². The van der Waals surface area contributed by atoms with Gasteiger partial charge in [-0.25, -0.2) is 9.78 Å². The molecule has 0 N–H and O–H groups in total. The van der Waals surface area contributed by atoms with Crippen LogP contribution in [0.3, 0.4) is 0 Å². The summed E-state index contributed by atoms with van der Waals surface area (Å²) in [6.07, 6.45) is 3.00. The first-order valence-corrected chi connectivity index (χ1v) is 12.1. The topological polar surface area (TPSA) is 114 Å². The molecule has 0 amide bonds. The Morgan fingerprint density at radius 3 is 2.74 bits per heavy atom. The molecule has 0 unspecified atom stereocenters. The number of hydrogen-bond acceptors (Lipinski definition) is 9. The van der Waals surface area contributed by atoms with Crippen molar-refractivity contribution in [1.82, 2.24) is 9.66 Å². The first-order chi connectivity index (χ1) is 19.1. The average Bonchev–Trinajstić information content (AvgIpc) is 3.66. The van der Waals surface area contributed by atoms with Crippen molar-refractivity contribution in [2.45, 2.75) is 6.92 Å². The van der Waals surface area contributed by atoms with Crippen molar-refractivity contribution in [2.75, 3.05) is 13.4 Å². The maximum atomic E-state index is 13.3. The first-order valence-electron chi connectivity index (χ1n) is 12.1. The highest BCUT2D eigenvalue weighted by Crippen LogP contribution is 2.34. The molecule has 0 fully saturated rings. The summed E-state index contributed by atoms with van der Waals surface area (Å²) in [6.45, 7) is 2.27. The largest absolute Gasteiger partial charge is 0.490 e. The minimum Gasteiger partial charge on any atom is -0.490 e. The molecule has 2 aromatic heterocycles. The highest BCUT2D eigenvalue weighted by molar-refractivity contribution is 5.92. The molecule has 39 heavy (non-hydrogen) atoms. The molecule has 10 nitrogen and oxygen atoms in total. The third-order valence-electron chi connectivity index (χ3n) is 5.90. The third-order valence-corrected chi connectivity index (χ3v) is 5.90. The molecule has 6 rings (SSSR count). The summed E-state index contributed by atoms with van der Waals surface area (Å²) in [5.74, 6) is 1.71. The Kier molecular flexibility index (Phi) is 6.26. The number of aromatic nitrogens is 2. The van der Waals surface area contributed by atoms with Crippen LogP contribution >= 0.6 is 0 Å². The summed E-state index contributed by atoms with van der Waals surface area (Å²) in [4.78, 5) is 30.7. The van der Waals surface area contributed by atoms with Crippen LogP contribution in [-0.2, 0) is 0 Å². The van der Waals surface area contributed by atoms with Crippen LogP contribution in [0.15, 0.2) is 93.4 Å². The molecule has 1 aliphatic rings. The summed E-state index contributed by atoms with van der Waals surface area (Å²) in [5.41, 5.74) is 1.10. The highest BCUT2D eigenvalue weighted by atomic mass is 16.7. The Labute approximate surface area is 221 Å². The van der Waals surface area contributed by atoms with Crippen LogP contribution < -0.4 is 24.5 Å². The van der Waals surface area contributed by atoms with Gasteiger partial charge in [0, 0.05) is 0 Å². The van der Waals surface area contributed by atoms with Crippen molar-refractivity contribution in [1.29, 1.82) is 0 Å². The Bertz CT molecular complexity index is 1770. The molecule has 1 aliphatic heterocycles. The molecule has 5 aromatic rings. The van der Waals surface area contributed by atoms with Gasteiger partial charge in [-0.05, 0) is 73.2 Å². The molecular formula is C29H21N3O7. The van der Waals surface area contributed by atoms with Gasteiger partial charge in [-0.2, -0.15) is 9.78 Å². The van der Waals surface area contributed by atoms with Crippen molar-refractivity contribution in [3.8, 4) is 34.6 Å². The van der Waals surface area contributed by atoms with E-state index in [9.17, 15) is 9.59 Å². The average molecular weight is 524 g/mol. The van der Waals surface area contributed by atoms with Crippen LogP contribution in [0.1, 0.15) is 22.8 Å². The number of nitrogens with zero attached hydrogens (tertiary/aromatic N) is 3. The van der Waals surface area contributed by atoms with Gasteiger partial charge in [0.2, 0.25) is 12.6 Å². The number of ether oxygens (including phenoxy) is 4. The Morgan fingerprint density at radius 2 is 1.90 bits per heavy atom. The second-order valence-electron chi connectivity index (χ2n) is 8.39. The molecule has 194 valence electrons. The van der Waals surface area contributed by atoms with Crippen LogP contribution in [0.4, 0.5) is 0 Å². The molecule has 0 radical (unpaired) electrons. The van der Waals surface area contributed by atoms with Crippen LogP contribution in [-0.4, -0.2) is 35.2 Å². The molecule has 0 saturated carbocycles. The number of rotatable bonds is 7. The van der Waals surface area contributed by atoms with Gasteiger partial charge in [0.25, 0.3) is 5.56 Å².